The Bertz CT molecular complexity index is 928. The first-order valence-corrected chi connectivity index (χ1v) is 9.02. The number of aromatic nitrogens is 3. The second-order valence-corrected chi connectivity index (χ2v) is 6.96. The maximum atomic E-state index is 4.67. The maximum absolute atomic E-state index is 4.67. The predicted octanol–water partition coefficient (Wildman–Crippen LogP) is 5.50. The maximum Gasteiger partial charge on any atom is 0.187 e. The molecule has 0 spiro atoms. The van der Waals surface area contributed by atoms with Gasteiger partial charge in [-0.05, 0) is 36.4 Å². The molecule has 0 atom stereocenters. The molecule has 0 saturated carbocycles. The van der Waals surface area contributed by atoms with E-state index in [1.54, 1.807) is 23.9 Å². The van der Waals surface area contributed by atoms with Crippen LogP contribution in [0.3, 0.4) is 0 Å². The Labute approximate surface area is 152 Å². The summed E-state index contributed by atoms with van der Waals surface area (Å²) in [4.78, 5) is 8.74. The van der Waals surface area contributed by atoms with Crippen LogP contribution in [0.1, 0.15) is 0 Å². The summed E-state index contributed by atoms with van der Waals surface area (Å²) in [5.74, 6) is 0. The Balaban J connectivity index is 1.53. The molecule has 1 N–H and O–H groups in total. The highest BCUT2D eigenvalue weighted by Crippen LogP contribution is 2.28. The molecule has 118 valence electrons. The van der Waals surface area contributed by atoms with Crippen molar-refractivity contribution in [2.45, 2.75) is 0 Å². The number of rotatable bonds is 4. The minimum atomic E-state index is 0.881. The summed E-state index contributed by atoms with van der Waals surface area (Å²) in [6.45, 7) is 0. The number of benzene rings is 2. The molecule has 4 rings (SSSR count). The second-order valence-electron chi connectivity index (χ2n) is 5.19. The van der Waals surface area contributed by atoms with Crippen LogP contribution in [0.15, 0.2) is 77.1 Å². The van der Waals surface area contributed by atoms with Gasteiger partial charge < -0.3 is 9.88 Å². The molecule has 0 saturated heterocycles. The SMILES string of the molecule is Brc1ccc(Nc2nc(-c3ccc(-n4ccnc4)cc3)cs2)cc1. The third kappa shape index (κ3) is 3.25. The number of hydrogen-bond donors (Lipinski definition) is 1. The zero-order chi connectivity index (χ0) is 16.4. The first kappa shape index (κ1) is 15.1. The van der Waals surface area contributed by atoms with E-state index in [0.29, 0.717) is 0 Å². The van der Waals surface area contributed by atoms with Crippen LogP contribution < -0.4 is 5.32 Å². The van der Waals surface area contributed by atoms with E-state index in [1.807, 2.05) is 35.0 Å². The molecule has 0 aliphatic carbocycles. The van der Waals surface area contributed by atoms with Gasteiger partial charge in [0, 0.05) is 39.2 Å². The van der Waals surface area contributed by atoms with Crippen molar-refractivity contribution in [1.29, 1.82) is 0 Å². The highest BCUT2D eigenvalue weighted by atomic mass is 79.9. The Hall–Kier alpha value is -2.44. The van der Waals surface area contributed by atoms with Crippen molar-refractivity contribution in [2.75, 3.05) is 5.32 Å². The number of halogens is 1. The minimum Gasteiger partial charge on any atom is -0.332 e. The third-order valence-electron chi connectivity index (χ3n) is 3.57. The summed E-state index contributed by atoms with van der Waals surface area (Å²) < 4.78 is 3.04. The summed E-state index contributed by atoms with van der Waals surface area (Å²) in [5, 5.41) is 6.27. The Morgan fingerprint density at radius 1 is 1.00 bits per heavy atom. The standard InChI is InChI=1S/C18H13BrN4S/c19-14-3-5-15(6-4-14)21-18-22-17(11-24-18)13-1-7-16(8-2-13)23-10-9-20-12-23/h1-12H,(H,21,22). The molecule has 0 radical (unpaired) electrons. The molecule has 2 aromatic carbocycles. The van der Waals surface area contributed by atoms with Gasteiger partial charge in [-0.3, -0.25) is 0 Å². The van der Waals surface area contributed by atoms with Crippen LogP contribution in [0.5, 0.6) is 0 Å². The number of hydrogen-bond acceptors (Lipinski definition) is 4. The van der Waals surface area contributed by atoms with Crippen LogP contribution in [-0.4, -0.2) is 14.5 Å². The lowest BCUT2D eigenvalue weighted by Gasteiger charge is -2.03. The van der Waals surface area contributed by atoms with Gasteiger partial charge in [-0.1, -0.05) is 28.1 Å². The molecule has 0 amide bonds. The van der Waals surface area contributed by atoms with E-state index in [4.69, 9.17) is 0 Å². The first-order valence-electron chi connectivity index (χ1n) is 7.35. The Morgan fingerprint density at radius 2 is 1.79 bits per heavy atom. The van der Waals surface area contributed by atoms with Crippen molar-refractivity contribution in [2.24, 2.45) is 0 Å². The van der Waals surface area contributed by atoms with E-state index in [0.717, 1.165) is 32.2 Å². The fraction of sp³-hybridized carbons (Fsp3) is 0. The molecule has 6 heteroatoms. The molecule has 0 aliphatic heterocycles. The number of anilines is 2. The summed E-state index contributed by atoms with van der Waals surface area (Å²) >= 11 is 5.04. The van der Waals surface area contributed by atoms with Gasteiger partial charge in [0.15, 0.2) is 5.13 Å². The zero-order valence-electron chi connectivity index (χ0n) is 12.6. The van der Waals surface area contributed by atoms with E-state index in [2.05, 4.69) is 60.9 Å². The quantitative estimate of drug-likeness (QED) is 0.494. The van der Waals surface area contributed by atoms with Gasteiger partial charge in [-0.2, -0.15) is 0 Å². The van der Waals surface area contributed by atoms with Crippen LogP contribution in [-0.2, 0) is 0 Å². The van der Waals surface area contributed by atoms with Gasteiger partial charge in [0.2, 0.25) is 0 Å². The fourth-order valence-corrected chi connectivity index (χ4v) is 3.34. The minimum absolute atomic E-state index is 0.881. The molecule has 0 unspecified atom stereocenters. The number of thiazole rings is 1. The Kier molecular flexibility index (Phi) is 4.15. The molecule has 2 heterocycles. The molecule has 2 aromatic heterocycles. The van der Waals surface area contributed by atoms with E-state index < -0.39 is 0 Å². The lowest BCUT2D eigenvalue weighted by atomic mass is 10.1. The van der Waals surface area contributed by atoms with Crippen molar-refractivity contribution >= 4 is 38.1 Å². The van der Waals surface area contributed by atoms with E-state index in [9.17, 15) is 0 Å². The van der Waals surface area contributed by atoms with Crippen molar-refractivity contribution < 1.29 is 0 Å². The van der Waals surface area contributed by atoms with Gasteiger partial charge in [0.05, 0.1) is 12.0 Å². The monoisotopic (exact) mass is 396 g/mol. The van der Waals surface area contributed by atoms with E-state index in [-0.39, 0.29) is 0 Å². The summed E-state index contributed by atoms with van der Waals surface area (Å²) in [7, 11) is 0. The van der Waals surface area contributed by atoms with Crippen LogP contribution in [0.4, 0.5) is 10.8 Å². The van der Waals surface area contributed by atoms with Gasteiger partial charge in [0.25, 0.3) is 0 Å². The van der Waals surface area contributed by atoms with Crippen molar-refractivity contribution in [3.05, 3.63) is 77.1 Å². The highest BCUT2D eigenvalue weighted by Gasteiger charge is 2.05. The zero-order valence-corrected chi connectivity index (χ0v) is 15.0. The van der Waals surface area contributed by atoms with Gasteiger partial charge in [-0.25, -0.2) is 9.97 Å². The molecule has 0 aliphatic rings. The largest absolute Gasteiger partial charge is 0.332 e. The normalized spacial score (nSPS) is 10.7. The summed E-state index contributed by atoms with van der Waals surface area (Å²) in [6, 6.07) is 16.3. The van der Waals surface area contributed by atoms with Crippen LogP contribution >= 0.6 is 27.3 Å². The van der Waals surface area contributed by atoms with Crippen molar-refractivity contribution in [1.82, 2.24) is 14.5 Å². The van der Waals surface area contributed by atoms with Crippen molar-refractivity contribution in [3.63, 3.8) is 0 Å². The highest BCUT2D eigenvalue weighted by molar-refractivity contribution is 9.10. The van der Waals surface area contributed by atoms with Gasteiger partial charge >= 0.3 is 0 Å². The van der Waals surface area contributed by atoms with Crippen LogP contribution in [0.2, 0.25) is 0 Å². The molecule has 24 heavy (non-hydrogen) atoms. The molecular formula is C18H13BrN4S. The number of imidazole rings is 1. The molecule has 4 nitrogen and oxygen atoms in total. The van der Waals surface area contributed by atoms with Crippen LogP contribution in [0.25, 0.3) is 16.9 Å². The molecule has 0 bridgehead atoms. The van der Waals surface area contributed by atoms with E-state index in [1.165, 1.54) is 0 Å². The molecular weight excluding hydrogens is 384 g/mol. The van der Waals surface area contributed by atoms with E-state index >= 15 is 0 Å². The third-order valence-corrected chi connectivity index (χ3v) is 4.85. The molecule has 0 fully saturated rings. The predicted molar refractivity (Wildman–Crippen MR) is 102 cm³/mol. The first-order chi connectivity index (χ1) is 11.8. The lowest BCUT2D eigenvalue weighted by Crippen LogP contribution is -1.90. The average molecular weight is 397 g/mol. The lowest BCUT2D eigenvalue weighted by molar-refractivity contribution is 1.06. The number of nitrogens with one attached hydrogen (secondary N) is 1. The summed E-state index contributed by atoms with van der Waals surface area (Å²) in [5.41, 5.74) is 4.17. The topological polar surface area (TPSA) is 42.7 Å². The average Bonchev–Trinajstić information content (AvgIpc) is 3.29. The smallest absolute Gasteiger partial charge is 0.187 e. The van der Waals surface area contributed by atoms with Crippen molar-refractivity contribution in [3.8, 4) is 16.9 Å². The van der Waals surface area contributed by atoms with Crippen LogP contribution in [0, 0.1) is 0 Å². The van der Waals surface area contributed by atoms with Gasteiger partial charge in [-0.15, -0.1) is 11.3 Å². The fourth-order valence-electron chi connectivity index (χ4n) is 2.34. The molecule has 4 aromatic rings. The second kappa shape index (κ2) is 6.59. The van der Waals surface area contributed by atoms with Gasteiger partial charge in [0.1, 0.15) is 0 Å². The summed E-state index contributed by atoms with van der Waals surface area (Å²) in [6.07, 6.45) is 5.49. The number of nitrogens with zero attached hydrogens (tertiary/aromatic N) is 3. The Morgan fingerprint density at radius 3 is 2.50 bits per heavy atom.